The van der Waals surface area contributed by atoms with E-state index < -0.39 is 17.2 Å². The van der Waals surface area contributed by atoms with Crippen LogP contribution < -0.4 is 20.8 Å². The molecule has 3 aromatic carbocycles. The largest absolute Gasteiger partial charge is 0.492 e. The highest BCUT2D eigenvalue weighted by Gasteiger charge is 2.30. The van der Waals surface area contributed by atoms with Crippen molar-refractivity contribution in [3.05, 3.63) is 94.0 Å². The van der Waals surface area contributed by atoms with Gasteiger partial charge in [0.2, 0.25) is 5.43 Å². The van der Waals surface area contributed by atoms with Crippen molar-refractivity contribution in [1.82, 2.24) is 4.57 Å². The van der Waals surface area contributed by atoms with Gasteiger partial charge in [-0.1, -0.05) is 54.6 Å². The molecule has 1 aliphatic rings. The molecule has 1 aromatic heterocycles. The van der Waals surface area contributed by atoms with Gasteiger partial charge in [0.05, 0.1) is 25.1 Å². The topological polar surface area (TPSA) is 86.8 Å². The maximum atomic E-state index is 15.6. The summed E-state index contributed by atoms with van der Waals surface area (Å²) in [5.41, 5.74) is 8.92. The Morgan fingerprint density at radius 1 is 1.08 bits per heavy atom. The molecule has 4 aromatic rings. The molecule has 5 rings (SSSR count). The Morgan fingerprint density at radius 3 is 2.42 bits per heavy atom. The van der Waals surface area contributed by atoms with Crippen LogP contribution in [0.5, 0.6) is 5.75 Å². The molecule has 1 fully saturated rings. The van der Waals surface area contributed by atoms with Crippen LogP contribution in [0.25, 0.3) is 22.0 Å². The van der Waals surface area contributed by atoms with E-state index >= 15 is 4.39 Å². The van der Waals surface area contributed by atoms with Crippen LogP contribution in [0.15, 0.2) is 71.7 Å². The molecule has 0 unspecified atom stereocenters. The van der Waals surface area contributed by atoms with E-state index in [4.69, 9.17) is 15.2 Å². The molecule has 1 saturated heterocycles. The number of carbonyl (C=O) groups excluding carboxylic acids is 1. The van der Waals surface area contributed by atoms with Crippen LogP contribution in [0.4, 0.5) is 10.1 Å². The second-order valence-electron chi connectivity index (χ2n) is 9.53. The maximum Gasteiger partial charge on any atom is 0.343 e. The lowest BCUT2D eigenvalue weighted by Crippen LogP contribution is -2.25. The van der Waals surface area contributed by atoms with Crippen molar-refractivity contribution < 1.29 is 18.7 Å². The Morgan fingerprint density at radius 2 is 1.79 bits per heavy atom. The molecule has 0 aliphatic carbocycles. The summed E-state index contributed by atoms with van der Waals surface area (Å²) in [5.74, 6) is -0.849. The highest BCUT2D eigenvalue weighted by molar-refractivity contribution is 5.97. The number of carbonyl (C=O) groups is 1. The number of rotatable bonds is 7. The van der Waals surface area contributed by atoms with Gasteiger partial charge in [0.15, 0.2) is 11.6 Å². The minimum absolute atomic E-state index is 0.0569. The van der Waals surface area contributed by atoms with Crippen LogP contribution >= 0.6 is 0 Å². The number of esters is 1. The van der Waals surface area contributed by atoms with Crippen molar-refractivity contribution in [3.8, 4) is 16.9 Å². The molecule has 38 heavy (non-hydrogen) atoms. The second kappa shape index (κ2) is 10.7. The number of nitrogens with zero attached hydrogens (tertiary/aromatic N) is 2. The third kappa shape index (κ3) is 4.63. The number of methoxy groups -OCH3 is 2. The van der Waals surface area contributed by atoms with Gasteiger partial charge in [-0.05, 0) is 41.6 Å². The highest BCUT2D eigenvalue weighted by atomic mass is 19.1. The molecular formula is C30H30FN3O4. The molecule has 2 heterocycles. The minimum Gasteiger partial charge on any atom is -0.492 e. The number of hydrogen-bond donors (Lipinski definition) is 1. The molecule has 0 amide bonds. The zero-order chi connectivity index (χ0) is 26.8. The lowest BCUT2D eigenvalue weighted by atomic mass is 10.0. The normalized spacial score (nSPS) is 15.2. The van der Waals surface area contributed by atoms with Crippen LogP contribution in [0.1, 0.15) is 22.3 Å². The maximum absolute atomic E-state index is 15.6. The predicted octanol–water partition coefficient (Wildman–Crippen LogP) is 4.44. The van der Waals surface area contributed by atoms with Gasteiger partial charge in [-0.25, -0.2) is 9.18 Å². The fraction of sp³-hybridized carbons (Fsp3) is 0.267. The summed E-state index contributed by atoms with van der Waals surface area (Å²) >= 11 is 0. The molecule has 0 bridgehead atoms. The fourth-order valence-corrected chi connectivity index (χ4v) is 5.21. The van der Waals surface area contributed by atoms with Crippen LogP contribution in [0, 0.1) is 11.7 Å². The zero-order valence-electron chi connectivity index (χ0n) is 21.4. The molecular weight excluding hydrogens is 485 g/mol. The van der Waals surface area contributed by atoms with Gasteiger partial charge in [-0.3, -0.25) is 4.79 Å². The number of anilines is 1. The fourth-order valence-electron chi connectivity index (χ4n) is 5.21. The Bertz CT molecular complexity index is 1530. The minimum atomic E-state index is -0.779. The molecule has 0 spiro atoms. The summed E-state index contributed by atoms with van der Waals surface area (Å²) in [6, 6.07) is 19.3. The average molecular weight is 516 g/mol. The van der Waals surface area contributed by atoms with Crippen molar-refractivity contribution in [1.29, 1.82) is 0 Å². The first-order valence-corrected chi connectivity index (χ1v) is 12.6. The predicted molar refractivity (Wildman–Crippen MR) is 146 cm³/mol. The highest BCUT2D eigenvalue weighted by Crippen LogP contribution is 2.40. The van der Waals surface area contributed by atoms with Crippen molar-refractivity contribution in [2.24, 2.45) is 11.7 Å². The Labute approximate surface area is 220 Å². The molecule has 2 N–H and O–H groups in total. The number of ether oxygens (including phenoxy) is 2. The van der Waals surface area contributed by atoms with Crippen molar-refractivity contribution in [3.63, 3.8) is 0 Å². The number of nitrogens with two attached hydrogens (primary N) is 1. The molecule has 1 aliphatic heterocycles. The first-order chi connectivity index (χ1) is 18.4. The number of fused-ring (bicyclic) bond motifs is 1. The van der Waals surface area contributed by atoms with Crippen LogP contribution in [-0.4, -0.2) is 44.4 Å². The van der Waals surface area contributed by atoms with Crippen LogP contribution in [0.3, 0.4) is 0 Å². The van der Waals surface area contributed by atoms with Crippen LogP contribution in [0.2, 0.25) is 0 Å². The average Bonchev–Trinajstić information content (AvgIpc) is 3.43. The van der Waals surface area contributed by atoms with E-state index in [0.29, 0.717) is 37.4 Å². The molecule has 7 nitrogen and oxygen atoms in total. The van der Waals surface area contributed by atoms with E-state index in [1.807, 2.05) is 59.5 Å². The molecule has 196 valence electrons. The SMILES string of the molecule is COC(=O)c1cn(Cc2ccc(-c3ccccc3)cc2)c2c(OC)c(N3CC[C@@H](CN)C3)c(F)cc2c1=O. The van der Waals surface area contributed by atoms with Gasteiger partial charge in [0, 0.05) is 25.8 Å². The zero-order valence-corrected chi connectivity index (χ0v) is 21.4. The third-order valence-corrected chi connectivity index (χ3v) is 7.20. The quantitative estimate of drug-likeness (QED) is 0.367. The third-order valence-electron chi connectivity index (χ3n) is 7.20. The van der Waals surface area contributed by atoms with Gasteiger partial charge in [0.25, 0.3) is 0 Å². The molecule has 0 radical (unpaired) electrons. The Kier molecular flexibility index (Phi) is 7.15. The van der Waals surface area contributed by atoms with Gasteiger partial charge in [-0.2, -0.15) is 0 Å². The summed E-state index contributed by atoms with van der Waals surface area (Å²) in [4.78, 5) is 27.7. The molecule has 1 atom stereocenters. The van der Waals surface area contributed by atoms with E-state index in [-0.39, 0.29) is 22.6 Å². The van der Waals surface area contributed by atoms with E-state index in [1.165, 1.54) is 26.5 Å². The number of hydrogen-bond acceptors (Lipinski definition) is 6. The van der Waals surface area contributed by atoms with Gasteiger partial charge in [-0.15, -0.1) is 0 Å². The summed E-state index contributed by atoms with van der Waals surface area (Å²) in [6.07, 6.45) is 2.32. The van der Waals surface area contributed by atoms with Gasteiger partial charge >= 0.3 is 5.97 Å². The number of halogens is 1. The van der Waals surface area contributed by atoms with E-state index in [0.717, 1.165) is 23.1 Å². The Balaban J connectivity index is 1.66. The van der Waals surface area contributed by atoms with E-state index in [2.05, 4.69) is 0 Å². The smallest absolute Gasteiger partial charge is 0.343 e. The number of aromatic nitrogens is 1. The standard InChI is InChI=1S/C30H30FN3O4/c1-37-29-26-23(14-25(31)27(29)33-13-12-20(15-32)17-33)28(35)24(30(36)38-2)18-34(26)16-19-8-10-22(11-9-19)21-6-4-3-5-7-21/h3-11,14,18,20H,12-13,15-17,32H2,1-2H3/t20-/m0/s1. The summed E-state index contributed by atoms with van der Waals surface area (Å²) in [6.45, 7) is 2.07. The first-order valence-electron chi connectivity index (χ1n) is 12.6. The summed E-state index contributed by atoms with van der Waals surface area (Å²) in [5, 5.41) is 0.0569. The first kappa shape index (κ1) is 25.5. The number of benzene rings is 3. The van der Waals surface area contributed by atoms with Crippen molar-refractivity contribution in [2.45, 2.75) is 13.0 Å². The Hall–Kier alpha value is -4.17. The van der Waals surface area contributed by atoms with Gasteiger partial charge in [0.1, 0.15) is 11.3 Å². The van der Waals surface area contributed by atoms with Gasteiger partial charge < -0.3 is 24.7 Å². The lowest BCUT2D eigenvalue weighted by molar-refractivity contribution is 0.0598. The van der Waals surface area contributed by atoms with E-state index in [9.17, 15) is 9.59 Å². The monoisotopic (exact) mass is 515 g/mol. The number of pyridine rings is 1. The van der Waals surface area contributed by atoms with Crippen molar-refractivity contribution in [2.75, 3.05) is 38.8 Å². The second-order valence-corrected chi connectivity index (χ2v) is 9.53. The summed E-state index contributed by atoms with van der Waals surface area (Å²) < 4.78 is 28.0. The van der Waals surface area contributed by atoms with E-state index in [1.54, 1.807) is 4.57 Å². The van der Waals surface area contributed by atoms with Crippen LogP contribution in [-0.2, 0) is 11.3 Å². The lowest BCUT2D eigenvalue weighted by Gasteiger charge is -2.25. The summed E-state index contributed by atoms with van der Waals surface area (Å²) in [7, 11) is 2.68. The van der Waals surface area contributed by atoms with Crippen molar-refractivity contribution >= 4 is 22.6 Å². The molecule has 8 heteroatoms. The molecule has 0 saturated carbocycles.